The number of nitrogens with one attached hydrogen (secondary N) is 3. The van der Waals surface area contributed by atoms with E-state index in [2.05, 4.69) is 58.4 Å². The lowest BCUT2D eigenvalue weighted by atomic mass is 9.90. The smallest absolute Gasteiger partial charge is 0.325 e. The highest BCUT2D eigenvalue weighted by Gasteiger charge is 2.41. The van der Waals surface area contributed by atoms with Crippen LogP contribution in [0.15, 0.2) is 91.0 Å². The van der Waals surface area contributed by atoms with E-state index >= 15 is 0 Å². The Morgan fingerprint density at radius 1 is 0.446 bits per heavy atom. The van der Waals surface area contributed by atoms with Gasteiger partial charge in [0.15, 0.2) is 0 Å². The molecule has 2 unspecified atom stereocenters. The number of nitrogens with zero attached hydrogens (tertiary/aromatic N) is 7. The molecule has 9 aliphatic rings. The van der Waals surface area contributed by atoms with Crippen LogP contribution in [-0.4, -0.2) is 180 Å². The Kier molecular flexibility index (Phi) is 30.2. The molecule has 0 amide bonds. The number of pyridine rings is 3. The van der Waals surface area contributed by atoms with Crippen LogP contribution in [0.1, 0.15) is 244 Å². The van der Waals surface area contributed by atoms with Crippen LogP contribution in [-0.2, 0) is 81.3 Å². The van der Waals surface area contributed by atoms with Crippen LogP contribution in [0, 0.1) is 23.0 Å². The van der Waals surface area contributed by atoms with E-state index in [9.17, 15) is 43.7 Å². The third-order valence-corrected chi connectivity index (χ3v) is 23.5. The summed E-state index contributed by atoms with van der Waals surface area (Å²) >= 11 is 0. The third kappa shape index (κ3) is 22.3. The Hall–Kier alpha value is -8.09. The number of rotatable bonds is 30. The van der Waals surface area contributed by atoms with Gasteiger partial charge in [-0.2, -0.15) is 5.26 Å². The molecule has 24 heteroatoms. The van der Waals surface area contributed by atoms with Crippen molar-refractivity contribution in [1.29, 1.82) is 5.26 Å². The second kappa shape index (κ2) is 41.3. The summed E-state index contributed by atoms with van der Waals surface area (Å²) in [6, 6.07) is 26.9. The predicted molar refractivity (Wildman–Crippen MR) is 422 cm³/mol. The van der Waals surface area contributed by atoms with Crippen molar-refractivity contribution in [3.8, 4) is 6.07 Å². The number of aliphatic carboxylic acids is 3. The number of carboxylic acid groups (broad SMARTS) is 3. The first kappa shape index (κ1) is 81.9. The molecular formula is C88H114F2N10O12. The molecule has 0 aliphatic carbocycles. The first-order valence-electron chi connectivity index (χ1n) is 41.7. The first-order chi connectivity index (χ1) is 54.8. The van der Waals surface area contributed by atoms with E-state index in [1.807, 2.05) is 26.8 Å². The number of anilines is 3. The van der Waals surface area contributed by atoms with Crippen LogP contribution in [0.5, 0.6) is 0 Å². The number of hydrogen-bond donors (Lipinski definition) is 6. The van der Waals surface area contributed by atoms with Crippen LogP contribution >= 0.6 is 0 Å². The zero-order valence-electron chi connectivity index (χ0n) is 65.0. The number of ether oxygens (including phenoxy) is 6. The number of unbranched alkanes of at least 4 members (excludes halogenated alkanes) is 3. The maximum Gasteiger partial charge on any atom is 0.325 e. The van der Waals surface area contributed by atoms with E-state index < -0.39 is 47.7 Å². The fourth-order valence-corrected chi connectivity index (χ4v) is 17.6. The average Bonchev–Trinajstić information content (AvgIpc) is 1.41. The van der Waals surface area contributed by atoms with Gasteiger partial charge in [-0.05, 0) is 278 Å². The Balaban J connectivity index is 0.000000147. The van der Waals surface area contributed by atoms with Crippen LogP contribution in [0.4, 0.5) is 26.2 Å². The maximum absolute atomic E-state index is 14.3. The number of aryl methyl sites for hydroxylation is 6. The van der Waals surface area contributed by atoms with Crippen molar-refractivity contribution in [2.75, 3.05) is 114 Å². The average molecular weight is 1540 g/mol. The number of aromatic nitrogens is 3. The van der Waals surface area contributed by atoms with Crippen molar-refractivity contribution in [3.05, 3.63) is 175 Å². The summed E-state index contributed by atoms with van der Waals surface area (Å²) in [4.78, 5) is 57.5. The summed E-state index contributed by atoms with van der Waals surface area (Å²) in [6.07, 6.45) is 25.8. The van der Waals surface area contributed by atoms with Gasteiger partial charge in [-0.3, -0.25) is 29.1 Å². The summed E-state index contributed by atoms with van der Waals surface area (Å²) < 4.78 is 64.8. The fraction of sp³-hybridized carbons (Fsp3) is 0.580. The highest BCUT2D eigenvalue weighted by atomic mass is 19.1. The molecule has 22 nitrogen and oxygen atoms in total. The summed E-state index contributed by atoms with van der Waals surface area (Å²) in [7, 11) is 0. The van der Waals surface area contributed by atoms with Crippen LogP contribution in [0.2, 0.25) is 0 Å². The standard InChI is InChI=1S/C30H38N4O4.2C29H38FN3O4/c31-19-21-9-12-25(26(18-21)27-8-2-4-17-38-27)28(30(35)36)34-15-13-24(20-34)37-16-3-1-7-23-11-10-22-6-5-14-32-29(22)33-23;2*30-21-10-12-24(26-8-2-4-17-37-26)25(18-21)27(29(34)35)33-15-13-23(19-33)36-16-3-1-7-22-11-9-20-6-5-14-31-28(20)32-22/h9-12,18,24,27-28H,1-8,13-17,20H2,(H,32,33)(H,35,36);2*9-12,18,23,26-27H,1-8,13-17,19H2,(H,31,32)(H,34,35)/t24-,27?,28-;23-,26?,27+;23-,26+,27-/m111/s1. The monoisotopic (exact) mass is 1540 g/mol. The molecule has 9 atom stereocenters. The van der Waals surface area contributed by atoms with Crippen molar-refractivity contribution in [3.63, 3.8) is 0 Å². The minimum Gasteiger partial charge on any atom is -0.480 e. The molecule has 602 valence electrons. The number of nitriles is 1. The predicted octanol–water partition coefficient (Wildman–Crippen LogP) is 14.9. The minimum atomic E-state index is -0.963. The van der Waals surface area contributed by atoms with Gasteiger partial charge in [0.05, 0.1) is 48.3 Å². The number of likely N-dealkylation sites (tertiary alicyclic amines) is 3. The molecule has 6 fully saturated rings. The largest absolute Gasteiger partial charge is 0.480 e. The van der Waals surface area contributed by atoms with Crippen molar-refractivity contribution >= 4 is 35.4 Å². The van der Waals surface area contributed by atoms with Gasteiger partial charge in [0.2, 0.25) is 0 Å². The molecular weight excluding hydrogens is 1430 g/mol. The number of carboxylic acids is 3. The molecule has 12 heterocycles. The molecule has 112 heavy (non-hydrogen) atoms. The van der Waals surface area contributed by atoms with Gasteiger partial charge in [-0.25, -0.2) is 23.7 Å². The lowest BCUT2D eigenvalue weighted by Crippen LogP contribution is -2.34. The van der Waals surface area contributed by atoms with Gasteiger partial charge < -0.3 is 59.7 Å². The Morgan fingerprint density at radius 3 is 1.16 bits per heavy atom. The topological polar surface area (TPSA) is 276 Å². The third-order valence-electron chi connectivity index (χ3n) is 23.5. The molecule has 15 rings (SSSR count). The quantitative estimate of drug-likeness (QED) is 0.0229. The van der Waals surface area contributed by atoms with Gasteiger partial charge in [-0.15, -0.1) is 0 Å². The highest BCUT2D eigenvalue weighted by molar-refractivity contribution is 5.78. The number of carbonyl (C=O) groups is 3. The Labute approximate surface area is 658 Å². The zero-order valence-corrected chi connectivity index (χ0v) is 65.0. The summed E-state index contributed by atoms with van der Waals surface area (Å²) in [6.45, 7) is 10.4. The van der Waals surface area contributed by atoms with Gasteiger partial charge in [0.25, 0.3) is 0 Å². The molecule has 6 aromatic rings. The molecule has 0 spiro atoms. The van der Waals surface area contributed by atoms with Crippen molar-refractivity contribution < 1.29 is 66.9 Å². The number of halogens is 2. The molecule has 6 N–H and O–H groups in total. The molecule has 0 bridgehead atoms. The van der Waals surface area contributed by atoms with E-state index in [4.69, 9.17) is 43.4 Å². The molecule has 9 aliphatic heterocycles. The van der Waals surface area contributed by atoms with Crippen molar-refractivity contribution in [2.24, 2.45) is 0 Å². The van der Waals surface area contributed by atoms with Gasteiger partial charge >= 0.3 is 17.9 Å². The molecule has 0 radical (unpaired) electrons. The molecule has 0 saturated carbocycles. The fourth-order valence-electron chi connectivity index (χ4n) is 17.6. The normalized spacial score (nSPS) is 22.7. The van der Waals surface area contributed by atoms with Crippen molar-refractivity contribution in [1.82, 2.24) is 29.7 Å². The number of hydrogen-bond acceptors (Lipinski definition) is 19. The van der Waals surface area contributed by atoms with E-state index in [0.29, 0.717) is 95.6 Å². The van der Waals surface area contributed by atoms with Crippen LogP contribution < -0.4 is 16.0 Å². The number of benzene rings is 3. The van der Waals surface area contributed by atoms with Crippen LogP contribution in [0.25, 0.3) is 0 Å². The van der Waals surface area contributed by atoms with Gasteiger partial charge in [-0.1, -0.05) is 36.4 Å². The Morgan fingerprint density at radius 2 is 0.812 bits per heavy atom. The van der Waals surface area contributed by atoms with E-state index in [1.165, 1.54) is 47.4 Å². The van der Waals surface area contributed by atoms with E-state index in [-0.39, 0.29) is 36.6 Å². The highest BCUT2D eigenvalue weighted by Crippen LogP contribution is 2.41. The second-order valence-electron chi connectivity index (χ2n) is 31.5. The molecule has 3 aromatic carbocycles. The lowest BCUT2D eigenvalue weighted by Gasteiger charge is -2.30. The number of fused-ring (bicyclic) bond motifs is 3. The lowest BCUT2D eigenvalue weighted by molar-refractivity contribution is -0.144. The summed E-state index contributed by atoms with van der Waals surface area (Å²) in [5.41, 5.74) is 12.0. The van der Waals surface area contributed by atoms with E-state index in [1.54, 1.807) is 18.2 Å². The van der Waals surface area contributed by atoms with Gasteiger partial charge in [0, 0.05) is 116 Å². The SMILES string of the molecule is N#Cc1ccc([C@H](C(=O)O)N2CC[C@@H](OCCCCc3ccc4c(n3)NCCC4)C2)c(C2CCCCO2)c1.O=C(O)[C@@H](c1cc(F)ccc1[C@@H]1CCCCO1)N1CC[C@@H](OCCCCc2ccc3c(n2)NCCC3)C1.O=C(O)[C@H](c1cc(F)ccc1C1CCCCO1)N1CC[C@@H](OCCCCc2ccc3c(n2)NCCC3)C1. The summed E-state index contributed by atoms with van der Waals surface area (Å²) in [5.74, 6) is -0.519. The maximum atomic E-state index is 14.3. The minimum absolute atomic E-state index is 0.0177. The summed E-state index contributed by atoms with van der Waals surface area (Å²) in [5, 5.41) is 50.2. The second-order valence-corrected chi connectivity index (χ2v) is 31.5. The van der Waals surface area contributed by atoms with Gasteiger partial charge in [0.1, 0.15) is 47.2 Å². The zero-order chi connectivity index (χ0) is 77.6. The molecule has 3 aromatic heterocycles. The van der Waals surface area contributed by atoms with E-state index in [0.717, 1.165) is 243 Å². The van der Waals surface area contributed by atoms with Crippen molar-refractivity contribution in [2.45, 2.75) is 228 Å². The first-order valence-corrected chi connectivity index (χ1v) is 41.7. The Bertz CT molecular complexity index is 3960. The molecule has 6 saturated heterocycles. The van der Waals surface area contributed by atoms with Crippen LogP contribution in [0.3, 0.4) is 0 Å².